The predicted octanol–water partition coefficient (Wildman–Crippen LogP) is 4.48. The van der Waals surface area contributed by atoms with Gasteiger partial charge in [0.2, 0.25) is 0 Å². The van der Waals surface area contributed by atoms with Crippen LogP contribution in [0.4, 0.5) is 4.79 Å². The first-order chi connectivity index (χ1) is 14.3. The van der Waals surface area contributed by atoms with Gasteiger partial charge in [-0.1, -0.05) is 25.4 Å². The molecule has 2 aliphatic rings. The van der Waals surface area contributed by atoms with Gasteiger partial charge in [-0.2, -0.15) is 0 Å². The van der Waals surface area contributed by atoms with E-state index in [1.54, 1.807) is 7.05 Å². The fourth-order valence-electron chi connectivity index (χ4n) is 4.51. The largest absolute Gasteiger partial charge is 0.460 e. The Labute approximate surface area is 182 Å². The number of benzene rings is 1. The zero-order chi connectivity index (χ0) is 21.5. The van der Waals surface area contributed by atoms with Gasteiger partial charge in [0.15, 0.2) is 0 Å². The third-order valence-electron chi connectivity index (χ3n) is 6.14. The monoisotopic (exact) mass is 429 g/mol. The summed E-state index contributed by atoms with van der Waals surface area (Å²) in [5, 5.41) is 0.699. The van der Waals surface area contributed by atoms with Crippen LogP contribution in [0, 0.1) is 5.92 Å². The topological polar surface area (TPSA) is 57.0 Å². The van der Waals surface area contributed by atoms with E-state index in [1.165, 1.54) is 4.90 Å². The number of imide groups is 1. The van der Waals surface area contributed by atoms with Crippen molar-refractivity contribution in [2.45, 2.75) is 38.8 Å². The molecule has 0 radical (unpaired) electrons. The minimum Gasteiger partial charge on any atom is -0.460 e. The van der Waals surface area contributed by atoms with Gasteiger partial charge in [-0.05, 0) is 55.2 Å². The van der Waals surface area contributed by atoms with Gasteiger partial charge in [-0.3, -0.25) is 14.6 Å². The minimum absolute atomic E-state index is 0.0594. The summed E-state index contributed by atoms with van der Waals surface area (Å²) in [7, 11) is 1.60. The molecule has 0 bridgehead atoms. The first kappa shape index (κ1) is 20.9. The van der Waals surface area contributed by atoms with Crippen LogP contribution in [-0.4, -0.2) is 58.9 Å². The Balaban J connectivity index is 1.43. The molecular formula is C23H28ClN3O3. The first-order valence-corrected chi connectivity index (χ1v) is 10.8. The highest BCUT2D eigenvalue weighted by atomic mass is 35.5. The quantitative estimate of drug-likeness (QED) is 0.657. The molecule has 1 aromatic carbocycles. The van der Waals surface area contributed by atoms with Crippen LogP contribution in [0.25, 0.3) is 11.3 Å². The summed E-state index contributed by atoms with van der Waals surface area (Å²) >= 11 is 5.96. The molecule has 1 aromatic heterocycles. The van der Waals surface area contributed by atoms with E-state index in [2.05, 4.69) is 18.7 Å². The van der Waals surface area contributed by atoms with Crippen LogP contribution in [0.15, 0.2) is 40.8 Å². The number of likely N-dealkylation sites (tertiary alicyclic amines) is 1. The molecule has 6 nitrogen and oxygen atoms in total. The van der Waals surface area contributed by atoms with E-state index in [0.29, 0.717) is 36.9 Å². The maximum atomic E-state index is 13.0. The molecule has 7 heteroatoms. The lowest BCUT2D eigenvalue weighted by Gasteiger charge is -2.42. The molecule has 3 amide bonds. The first-order valence-electron chi connectivity index (χ1n) is 10.5. The Morgan fingerprint density at radius 3 is 2.37 bits per heavy atom. The molecule has 30 heavy (non-hydrogen) atoms. The number of carbonyl (C=O) groups excluding carboxylic acids is 2. The molecule has 0 N–H and O–H groups in total. The number of halogens is 1. The average molecular weight is 430 g/mol. The van der Waals surface area contributed by atoms with E-state index in [1.807, 2.05) is 41.3 Å². The Bertz CT molecular complexity index is 929. The fourth-order valence-corrected chi connectivity index (χ4v) is 4.64. The Hall–Kier alpha value is -2.31. The SMILES string of the molecule is CC(C)CN1C(=O)N(C)C(=O)C12CCN(Cc1ccc(-c3ccc(Cl)cc3)o1)CC2. The summed E-state index contributed by atoms with van der Waals surface area (Å²) in [6.45, 7) is 6.95. The summed E-state index contributed by atoms with van der Waals surface area (Å²) in [6.07, 6.45) is 1.30. The van der Waals surface area contributed by atoms with E-state index >= 15 is 0 Å². The Kier molecular flexibility index (Phi) is 5.64. The average Bonchev–Trinajstić information content (AvgIpc) is 3.25. The maximum absolute atomic E-state index is 13.0. The van der Waals surface area contributed by atoms with Crippen molar-refractivity contribution < 1.29 is 14.0 Å². The van der Waals surface area contributed by atoms with Crippen molar-refractivity contribution in [3.63, 3.8) is 0 Å². The molecule has 1 spiro atoms. The molecule has 3 heterocycles. The van der Waals surface area contributed by atoms with E-state index in [9.17, 15) is 9.59 Å². The minimum atomic E-state index is -0.690. The Morgan fingerprint density at radius 2 is 1.73 bits per heavy atom. The third kappa shape index (κ3) is 3.74. The molecule has 0 atom stereocenters. The lowest BCUT2D eigenvalue weighted by molar-refractivity contribution is -0.135. The number of likely N-dealkylation sites (N-methyl/N-ethyl adjacent to an activating group) is 1. The van der Waals surface area contributed by atoms with Crippen LogP contribution in [-0.2, 0) is 11.3 Å². The molecule has 160 valence electrons. The summed E-state index contributed by atoms with van der Waals surface area (Å²) in [5.41, 5.74) is 0.301. The highest BCUT2D eigenvalue weighted by Crippen LogP contribution is 2.37. The molecule has 0 saturated carbocycles. The lowest BCUT2D eigenvalue weighted by atomic mass is 9.85. The molecule has 2 aliphatic heterocycles. The van der Waals surface area contributed by atoms with Crippen LogP contribution in [0.5, 0.6) is 0 Å². The molecule has 0 unspecified atom stereocenters. The van der Waals surface area contributed by atoms with Crippen molar-refractivity contribution in [2.75, 3.05) is 26.7 Å². The number of furan rings is 1. The van der Waals surface area contributed by atoms with Crippen molar-refractivity contribution in [3.8, 4) is 11.3 Å². The van der Waals surface area contributed by atoms with Gasteiger partial charge in [0, 0.05) is 37.3 Å². The van der Waals surface area contributed by atoms with Crippen LogP contribution in [0.1, 0.15) is 32.4 Å². The number of rotatable bonds is 5. The fraction of sp³-hybridized carbons (Fsp3) is 0.478. The van der Waals surface area contributed by atoms with Crippen molar-refractivity contribution in [1.29, 1.82) is 0 Å². The zero-order valence-electron chi connectivity index (χ0n) is 17.7. The van der Waals surface area contributed by atoms with Gasteiger partial charge in [0.1, 0.15) is 17.1 Å². The number of amides is 3. The number of piperidine rings is 1. The van der Waals surface area contributed by atoms with Crippen molar-refractivity contribution in [3.05, 3.63) is 47.2 Å². The molecule has 2 saturated heterocycles. The second-order valence-electron chi connectivity index (χ2n) is 8.73. The summed E-state index contributed by atoms with van der Waals surface area (Å²) in [5.74, 6) is 1.96. The second kappa shape index (κ2) is 8.08. The standard InChI is InChI=1S/C23H28ClN3O3/c1-16(2)14-27-22(29)25(3)21(28)23(27)10-12-26(13-11-23)15-19-8-9-20(30-19)17-4-6-18(24)7-5-17/h4-9,16H,10-15H2,1-3H3. The van der Waals surface area contributed by atoms with Gasteiger partial charge in [-0.15, -0.1) is 0 Å². The highest BCUT2D eigenvalue weighted by molar-refractivity contribution is 6.30. The Morgan fingerprint density at radius 1 is 1.07 bits per heavy atom. The molecule has 0 aliphatic carbocycles. The van der Waals surface area contributed by atoms with E-state index in [0.717, 1.165) is 30.2 Å². The molecular weight excluding hydrogens is 402 g/mol. The van der Waals surface area contributed by atoms with Gasteiger partial charge in [0.05, 0.1) is 6.54 Å². The molecule has 2 aromatic rings. The lowest BCUT2D eigenvalue weighted by Crippen LogP contribution is -2.57. The van der Waals surface area contributed by atoms with Crippen LogP contribution >= 0.6 is 11.6 Å². The second-order valence-corrected chi connectivity index (χ2v) is 9.17. The molecule has 4 rings (SSSR count). The van der Waals surface area contributed by atoms with Crippen LogP contribution in [0.3, 0.4) is 0 Å². The van der Waals surface area contributed by atoms with E-state index < -0.39 is 5.54 Å². The number of nitrogens with zero attached hydrogens (tertiary/aromatic N) is 3. The number of hydrogen-bond acceptors (Lipinski definition) is 4. The normalized spacial score (nSPS) is 19.5. The zero-order valence-corrected chi connectivity index (χ0v) is 18.5. The highest BCUT2D eigenvalue weighted by Gasteiger charge is 2.56. The van der Waals surface area contributed by atoms with Crippen LogP contribution < -0.4 is 0 Å². The van der Waals surface area contributed by atoms with Crippen molar-refractivity contribution in [2.24, 2.45) is 5.92 Å². The predicted molar refractivity (Wildman–Crippen MR) is 116 cm³/mol. The number of hydrogen-bond donors (Lipinski definition) is 0. The van der Waals surface area contributed by atoms with Gasteiger partial charge >= 0.3 is 6.03 Å². The maximum Gasteiger partial charge on any atom is 0.327 e. The summed E-state index contributed by atoms with van der Waals surface area (Å²) in [4.78, 5) is 31.0. The van der Waals surface area contributed by atoms with Gasteiger partial charge in [-0.25, -0.2) is 4.79 Å². The number of urea groups is 1. The van der Waals surface area contributed by atoms with Crippen molar-refractivity contribution >= 4 is 23.5 Å². The van der Waals surface area contributed by atoms with Gasteiger partial charge in [0.25, 0.3) is 5.91 Å². The molecule has 2 fully saturated rings. The summed E-state index contributed by atoms with van der Waals surface area (Å²) < 4.78 is 6.03. The van der Waals surface area contributed by atoms with E-state index in [4.69, 9.17) is 16.0 Å². The number of carbonyl (C=O) groups is 2. The summed E-state index contributed by atoms with van der Waals surface area (Å²) in [6, 6.07) is 11.4. The smallest absolute Gasteiger partial charge is 0.327 e. The van der Waals surface area contributed by atoms with Crippen LogP contribution in [0.2, 0.25) is 5.02 Å². The van der Waals surface area contributed by atoms with E-state index in [-0.39, 0.29) is 11.9 Å². The van der Waals surface area contributed by atoms with Crippen molar-refractivity contribution in [1.82, 2.24) is 14.7 Å². The van der Waals surface area contributed by atoms with Gasteiger partial charge < -0.3 is 9.32 Å². The third-order valence-corrected chi connectivity index (χ3v) is 6.39.